The maximum atomic E-state index is 4.01. The van der Waals surface area contributed by atoms with E-state index in [1.54, 1.807) is 0 Å². The Morgan fingerprint density at radius 3 is 2.75 bits per heavy atom. The third-order valence-corrected chi connectivity index (χ3v) is 2.56. The standard InChI is InChI=1S/C10H14N2/c1-12-7-4-10(8-12)9-2-5-11-6-3-9/h2-3,5-6,10,12H,1,4,7-8H2. The molecule has 2 unspecified atom stereocenters. The Morgan fingerprint density at radius 1 is 1.42 bits per heavy atom. The van der Waals surface area contributed by atoms with Crippen molar-refractivity contribution >= 4 is 0 Å². The van der Waals surface area contributed by atoms with Crippen LogP contribution in [0.2, 0.25) is 0 Å². The lowest BCUT2D eigenvalue weighted by molar-refractivity contribution is -0.840. The number of quaternary nitrogens is 1. The molecule has 0 saturated carbocycles. The van der Waals surface area contributed by atoms with Gasteiger partial charge in [-0.15, -0.1) is 0 Å². The first-order chi connectivity index (χ1) is 5.86. The summed E-state index contributed by atoms with van der Waals surface area (Å²) in [5.41, 5.74) is 1.42. The van der Waals surface area contributed by atoms with Crippen molar-refractivity contribution < 1.29 is 4.90 Å². The van der Waals surface area contributed by atoms with Crippen molar-refractivity contribution in [2.24, 2.45) is 0 Å². The molecule has 0 bridgehead atoms. The van der Waals surface area contributed by atoms with Gasteiger partial charge in [0.05, 0.1) is 13.1 Å². The van der Waals surface area contributed by atoms with Gasteiger partial charge in [0, 0.05) is 24.7 Å². The Balaban J connectivity index is 2.11. The highest BCUT2D eigenvalue weighted by Crippen LogP contribution is 2.18. The number of nitrogens with zero attached hydrogens (tertiary/aromatic N) is 1. The lowest BCUT2D eigenvalue weighted by atomic mass is 10.0. The maximum absolute atomic E-state index is 4.01. The van der Waals surface area contributed by atoms with Crippen LogP contribution in [0.1, 0.15) is 17.9 Å². The van der Waals surface area contributed by atoms with Crippen molar-refractivity contribution in [1.29, 1.82) is 0 Å². The van der Waals surface area contributed by atoms with Gasteiger partial charge in [-0.05, 0) is 17.7 Å². The summed E-state index contributed by atoms with van der Waals surface area (Å²) in [7, 11) is 4.01. The summed E-state index contributed by atoms with van der Waals surface area (Å²) in [6.07, 6.45) is 5.01. The van der Waals surface area contributed by atoms with Gasteiger partial charge in [0.15, 0.2) is 0 Å². The SMILES string of the molecule is [CH2-][NH+]1CCC(c2ccncc2)C1. The van der Waals surface area contributed by atoms with Crippen molar-refractivity contribution in [3.05, 3.63) is 37.1 Å². The van der Waals surface area contributed by atoms with Crippen molar-refractivity contribution in [2.45, 2.75) is 12.3 Å². The zero-order chi connectivity index (χ0) is 8.39. The molecule has 12 heavy (non-hydrogen) atoms. The first-order valence-electron chi connectivity index (χ1n) is 4.43. The van der Waals surface area contributed by atoms with Crippen LogP contribution < -0.4 is 4.90 Å². The third-order valence-electron chi connectivity index (χ3n) is 2.56. The Bertz CT molecular complexity index is 245. The Hall–Kier alpha value is -0.890. The largest absolute Gasteiger partial charge is 0.467 e. The molecular weight excluding hydrogens is 148 g/mol. The van der Waals surface area contributed by atoms with E-state index in [4.69, 9.17) is 0 Å². The van der Waals surface area contributed by atoms with E-state index in [-0.39, 0.29) is 0 Å². The molecule has 1 aliphatic heterocycles. The van der Waals surface area contributed by atoms with Crippen LogP contribution in [0.25, 0.3) is 0 Å². The van der Waals surface area contributed by atoms with Gasteiger partial charge in [-0.1, -0.05) is 0 Å². The average molecular weight is 162 g/mol. The van der Waals surface area contributed by atoms with Crippen LogP contribution in [-0.4, -0.2) is 18.1 Å². The zero-order valence-electron chi connectivity index (χ0n) is 7.16. The second-order valence-corrected chi connectivity index (χ2v) is 3.47. The molecule has 0 spiro atoms. The fourth-order valence-electron chi connectivity index (χ4n) is 1.85. The summed E-state index contributed by atoms with van der Waals surface area (Å²) in [5.74, 6) is 0.709. The normalized spacial score (nSPS) is 29.1. The summed E-state index contributed by atoms with van der Waals surface area (Å²) in [5, 5.41) is 0. The van der Waals surface area contributed by atoms with Crippen LogP contribution in [0.5, 0.6) is 0 Å². The molecule has 0 amide bonds. The Morgan fingerprint density at radius 2 is 2.17 bits per heavy atom. The van der Waals surface area contributed by atoms with E-state index in [1.807, 2.05) is 12.4 Å². The van der Waals surface area contributed by atoms with Crippen LogP contribution in [0.4, 0.5) is 0 Å². The molecule has 2 heteroatoms. The van der Waals surface area contributed by atoms with Crippen LogP contribution in [0.3, 0.4) is 0 Å². The van der Waals surface area contributed by atoms with Gasteiger partial charge in [0.2, 0.25) is 0 Å². The van der Waals surface area contributed by atoms with Crippen molar-refractivity contribution in [3.8, 4) is 0 Å². The summed E-state index contributed by atoms with van der Waals surface area (Å²) in [4.78, 5) is 5.41. The number of rotatable bonds is 1. The van der Waals surface area contributed by atoms with Gasteiger partial charge >= 0.3 is 0 Å². The molecule has 1 aromatic rings. The van der Waals surface area contributed by atoms with Crippen molar-refractivity contribution in [2.75, 3.05) is 13.1 Å². The van der Waals surface area contributed by atoms with Crippen molar-refractivity contribution in [1.82, 2.24) is 4.98 Å². The van der Waals surface area contributed by atoms with E-state index < -0.39 is 0 Å². The number of aromatic nitrogens is 1. The predicted molar refractivity (Wildman–Crippen MR) is 47.6 cm³/mol. The quantitative estimate of drug-likeness (QED) is 0.586. The minimum Gasteiger partial charge on any atom is -0.467 e. The second-order valence-electron chi connectivity index (χ2n) is 3.47. The summed E-state index contributed by atoms with van der Waals surface area (Å²) in [6, 6.07) is 4.23. The van der Waals surface area contributed by atoms with Gasteiger partial charge in [-0.2, -0.15) is 7.05 Å². The third kappa shape index (κ3) is 1.48. The minimum absolute atomic E-state index is 0.709. The van der Waals surface area contributed by atoms with Crippen LogP contribution in [0.15, 0.2) is 24.5 Å². The molecule has 2 nitrogen and oxygen atoms in total. The van der Waals surface area contributed by atoms with E-state index in [0.29, 0.717) is 5.92 Å². The maximum Gasteiger partial charge on any atom is 0.0602 e. The van der Waals surface area contributed by atoms with Gasteiger partial charge in [0.25, 0.3) is 0 Å². The van der Waals surface area contributed by atoms with Crippen molar-refractivity contribution in [3.63, 3.8) is 0 Å². The Labute approximate surface area is 73.2 Å². The predicted octanol–water partition coefficient (Wildman–Crippen LogP) is 0.245. The fraction of sp³-hybridized carbons (Fsp3) is 0.400. The summed E-state index contributed by atoms with van der Waals surface area (Å²) < 4.78 is 0. The topological polar surface area (TPSA) is 17.3 Å². The highest BCUT2D eigenvalue weighted by Gasteiger charge is 2.21. The monoisotopic (exact) mass is 162 g/mol. The first kappa shape index (κ1) is 7.74. The number of likely N-dealkylation sites (tertiary alicyclic amines) is 1. The molecule has 1 aromatic heterocycles. The van der Waals surface area contributed by atoms with E-state index in [2.05, 4.69) is 24.2 Å². The average Bonchev–Trinajstić information content (AvgIpc) is 2.54. The molecule has 1 saturated heterocycles. The highest BCUT2D eigenvalue weighted by atomic mass is 15.1. The molecule has 1 N–H and O–H groups in total. The number of nitrogens with one attached hydrogen (secondary N) is 1. The van der Waals surface area contributed by atoms with E-state index in [9.17, 15) is 0 Å². The minimum atomic E-state index is 0.709. The van der Waals surface area contributed by atoms with E-state index in [1.165, 1.54) is 30.0 Å². The fourth-order valence-corrected chi connectivity index (χ4v) is 1.85. The van der Waals surface area contributed by atoms with Gasteiger partial charge in [-0.3, -0.25) is 4.98 Å². The summed E-state index contributed by atoms with van der Waals surface area (Å²) >= 11 is 0. The van der Waals surface area contributed by atoms with E-state index in [0.717, 1.165) is 0 Å². The molecular formula is C10H14N2. The number of hydrogen-bond donors (Lipinski definition) is 1. The molecule has 2 rings (SSSR count). The molecule has 2 heterocycles. The molecule has 2 atom stereocenters. The molecule has 0 radical (unpaired) electrons. The first-order valence-corrected chi connectivity index (χ1v) is 4.43. The molecule has 1 aliphatic rings. The lowest BCUT2D eigenvalue weighted by Gasteiger charge is -2.12. The number of hydrogen-bond acceptors (Lipinski definition) is 1. The molecule has 64 valence electrons. The lowest BCUT2D eigenvalue weighted by Crippen LogP contribution is -3.04. The molecule has 0 aliphatic carbocycles. The zero-order valence-corrected chi connectivity index (χ0v) is 7.16. The molecule has 1 fully saturated rings. The Kier molecular flexibility index (Phi) is 2.09. The molecule has 0 aromatic carbocycles. The van der Waals surface area contributed by atoms with E-state index >= 15 is 0 Å². The van der Waals surface area contributed by atoms with Gasteiger partial charge in [0.1, 0.15) is 0 Å². The smallest absolute Gasteiger partial charge is 0.0602 e. The highest BCUT2D eigenvalue weighted by molar-refractivity contribution is 5.16. The van der Waals surface area contributed by atoms with Gasteiger partial charge < -0.3 is 4.90 Å². The van der Waals surface area contributed by atoms with Crippen LogP contribution in [-0.2, 0) is 0 Å². The van der Waals surface area contributed by atoms with Gasteiger partial charge in [-0.25, -0.2) is 0 Å². The van der Waals surface area contributed by atoms with Crippen LogP contribution in [0, 0.1) is 7.05 Å². The second kappa shape index (κ2) is 3.23. The van der Waals surface area contributed by atoms with Crippen LogP contribution >= 0.6 is 0 Å². The summed E-state index contributed by atoms with van der Waals surface area (Å²) in [6.45, 7) is 2.37. The number of pyridine rings is 1.